The Morgan fingerprint density at radius 3 is 2.13 bits per heavy atom. The zero-order valence-electron chi connectivity index (χ0n) is 21.6. The quantitative estimate of drug-likeness (QED) is 0.238. The summed E-state index contributed by atoms with van der Waals surface area (Å²) in [7, 11) is 0. The molecular weight excluding hydrogens is 484 g/mol. The van der Waals surface area contributed by atoms with Crippen molar-refractivity contribution in [3.8, 4) is 11.5 Å². The molecule has 5 aromatic rings. The summed E-state index contributed by atoms with van der Waals surface area (Å²) < 4.78 is 12.9. The first-order valence-corrected chi connectivity index (χ1v) is 13.0. The van der Waals surface area contributed by atoms with Crippen LogP contribution in [-0.2, 0) is 10.3 Å². The summed E-state index contributed by atoms with van der Waals surface area (Å²) >= 11 is 0. The molecule has 1 spiro atoms. The van der Waals surface area contributed by atoms with E-state index in [-0.39, 0.29) is 5.97 Å². The van der Waals surface area contributed by atoms with Crippen LogP contribution in [0.1, 0.15) is 38.2 Å². The van der Waals surface area contributed by atoms with Crippen molar-refractivity contribution in [1.82, 2.24) is 0 Å². The molecule has 190 valence electrons. The number of rotatable bonds is 4. The molecule has 5 heteroatoms. The Hall–Kier alpha value is -5.03. The van der Waals surface area contributed by atoms with Gasteiger partial charge in [0.05, 0.1) is 5.56 Å². The minimum absolute atomic E-state index is 0.343. The molecule has 0 radical (unpaired) electrons. The second kappa shape index (κ2) is 8.77. The van der Waals surface area contributed by atoms with Gasteiger partial charge in [0.2, 0.25) is 0 Å². The zero-order chi connectivity index (χ0) is 26.6. The van der Waals surface area contributed by atoms with Crippen LogP contribution in [0.15, 0.2) is 109 Å². The van der Waals surface area contributed by atoms with Gasteiger partial charge < -0.3 is 20.1 Å². The van der Waals surface area contributed by atoms with Crippen LogP contribution < -0.4 is 15.4 Å². The van der Waals surface area contributed by atoms with Crippen LogP contribution in [0, 0.1) is 13.8 Å². The molecule has 2 aliphatic heterocycles. The summed E-state index contributed by atoms with van der Waals surface area (Å²) in [6.45, 7) is 4.11. The Balaban J connectivity index is 1.40. The van der Waals surface area contributed by atoms with Gasteiger partial charge in [-0.1, -0.05) is 54.1 Å². The first kappa shape index (κ1) is 23.1. The molecular formula is C34H26N2O3. The summed E-state index contributed by atoms with van der Waals surface area (Å²) in [6.07, 6.45) is 0. The second-order valence-corrected chi connectivity index (χ2v) is 10.1. The number of carbonyl (C=O) groups excluding carboxylic acids is 1. The van der Waals surface area contributed by atoms with Crippen LogP contribution in [0.3, 0.4) is 0 Å². The monoisotopic (exact) mass is 510 g/mol. The van der Waals surface area contributed by atoms with Gasteiger partial charge in [0.15, 0.2) is 5.60 Å². The minimum atomic E-state index is -1.13. The fourth-order valence-corrected chi connectivity index (χ4v) is 5.51. The highest BCUT2D eigenvalue weighted by Crippen LogP contribution is 2.57. The van der Waals surface area contributed by atoms with Crippen molar-refractivity contribution < 1.29 is 14.3 Å². The molecule has 2 heterocycles. The lowest BCUT2D eigenvalue weighted by Gasteiger charge is -2.37. The zero-order valence-corrected chi connectivity index (χ0v) is 21.6. The number of ether oxygens (including phenoxy) is 2. The molecule has 0 aliphatic carbocycles. The van der Waals surface area contributed by atoms with Crippen molar-refractivity contribution in [3.05, 3.63) is 143 Å². The van der Waals surface area contributed by atoms with E-state index in [4.69, 9.17) is 9.47 Å². The van der Waals surface area contributed by atoms with Crippen molar-refractivity contribution in [2.75, 3.05) is 10.6 Å². The van der Waals surface area contributed by atoms with Crippen molar-refractivity contribution in [1.29, 1.82) is 0 Å². The van der Waals surface area contributed by atoms with Gasteiger partial charge in [-0.25, -0.2) is 4.79 Å². The highest BCUT2D eigenvalue weighted by Gasteiger charge is 2.53. The Morgan fingerprint density at radius 1 is 0.615 bits per heavy atom. The van der Waals surface area contributed by atoms with E-state index >= 15 is 0 Å². The van der Waals surface area contributed by atoms with Crippen molar-refractivity contribution in [2.24, 2.45) is 0 Å². The number of carbonyl (C=O) groups is 1. The maximum absolute atomic E-state index is 13.3. The topological polar surface area (TPSA) is 59.6 Å². The second-order valence-electron chi connectivity index (χ2n) is 10.1. The van der Waals surface area contributed by atoms with Gasteiger partial charge >= 0.3 is 5.97 Å². The van der Waals surface area contributed by atoms with Crippen LogP contribution in [0.5, 0.6) is 11.5 Å². The highest BCUT2D eigenvalue weighted by molar-refractivity contribution is 5.97. The van der Waals surface area contributed by atoms with Gasteiger partial charge in [-0.15, -0.1) is 0 Å². The van der Waals surface area contributed by atoms with E-state index in [9.17, 15) is 4.79 Å². The predicted octanol–water partition coefficient (Wildman–Crippen LogP) is 8.36. The van der Waals surface area contributed by atoms with Gasteiger partial charge in [0.25, 0.3) is 0 Å². The van der Waals surface area contributed by atoms with Crippen molar-refractivity contribution in [2.45, 2.75) is 19.4 Å². The van der Waals surface area contributed by atoms with E-state index < -0.39 is 5.60 Å². The Labute approximate surface area is 227 Å². The number of esters is 1. The van der Waals surface area contributed by atoms with Gasteiger partial charge in [0, 0.05) is 45.5 Å². The van der Waals surface area contributed by atoms with Crippen LogP contribution in [0.2, 0.25) is 0 Å². The molecule has 0 fully saturated rings. The number of nitrogens with one attached hydrogen (secondary N) is 2. The number of fused-ring (bicyclic) bond motifs is 6. The normalized spacial score (nSPS) is 16.5. The van der Waals surface area contributed by atoms with Crippen molar-refractivity contribution in [3.63, 3.8) is 0 Å². The van der Waals surface area contributed by atoms with Crippen LogP contribution in [0.25, 0.3) is 0 Å². The van der Waals surface area contributed by atoms with E-state index in [0.29, 0.717) is 17.1 Å². The average molecular weight is 511 g/mol. The first-order valence-electron chi connectivity index (χ1n) is 13.0. The van der Waals surface area contributed by atoms with Gasteiger partial charge in [0.1, 0.15) is 11.5 Å². The average Bonchev–Trinajstić information content (AvgIpc) is 3.24. The lowest BCUT2D eigenvalue weighted by atomic mass is 9.77. The van der Waals surface area contributed by atoms with E-state index in [0.717, 1.165) is 45.0 Å². The molecule has 0 bridgehead atoms. The predicted molar refractivity (Wildman–Crippen MR) is 154 cm³/mol. The van der Waals surface area contributed by atoms with E-state index in [1.807, 2.05) is 85.8 Å². The molecule has 7 rings (SSSR count). The maximum Gasteiger partial charge on any atom is 0.340 e. The Kier molecular flexibility index (Phi) is 5.20. The SMILES string of the molecule is Cc1ccc(Nc2cc3c(cc2C)Oc2cc(Nc4ccccc4)ccc2C32OC(=O)c3ccccc32)cc1. The van der Waals surface area contributed by atoms with E-state index in [1.54, 1.807) is 0 Å². The summed E-state index contributed by atoms with van der Waals surface area (Å²) in [5, 5.41) is 6.98. The van der Waals surface area contributed by atoms with Crippen LogP contribution in [0.4, 0.5) is 22.7 Å². The van der Waals surface area contributed by atoms with Crippen LogP contribution in [-0.4, -0.2) is 5.97 Å². The van der Waals surface area contributed by atoms with Crippen molar-refractivity contribution >= 4 is 28.7 Å². The largest absolute Gasteiger partial charge is 0.456 e. The summed E-state index contributed by atoms with van der Waals surface area (Å²) in [5.41, 5.74) is 7.81. The number of anilines is 4. The number of hydrogen-bond donors (Lipinski definition) is 2. The number of hydrogen-bond acceptors (Lipinski definition) is 5. The third kappa shape index (κ3) is 3.74. The van der Waals surface area contributed by atoms with Gasteiger partial charge in [-0.2, -0.15) is 0 Å². The molecule has 5 aromatic carbocycles. The molecule has 1 atom stereocenters. The molecule has 0 saturated carbocycles. The van der Waals surface area contributed by atoms with E-state index in [1.165, 1.54) is 5.56 Å². The lowest BCUT2D eigenvalue weighted by Crippen LogP contribution is -2.33. The molecule has 1 unspecified atom stereocenters. The first-order chi connectivity index (χ1) is 19.0. The fraction of sp³-hybridized carbons (Fsp3) is 0.0882. The van der Waals surface area contributed by atoms with Gasteiger partial charge in [-0.05, 0) is 74.0 Å². The molecule has 0 saturated heterocycles. The Morgan fingerprint density at radius 2 is 1.31 bits per heavy atom. The third-order valence-electron chi connectivity index (χ3n) is 7.45. The molecule has 39 heavy (non-hydrogen) atoms. The molecule has 2 aliphatic rings. The Bertz CT molecular complexity index is 1750. The lowest BCUT2D eigenvalue weighted by molar-refractivity contribution is 0.0224. The summed E-state index contributed by atoms with van der Waals surface area (Å²) in [6, 6.07) is 35.9. The third-order valence-corrected chi connectivity index (χ3v) is 7.45. The number of para-hydroxylation sites is 1. The maximum atomic E-state index is 13.3. The minimum Gasteiger partial charge on any atom is -0.456 e. The highest BCUT2D eigenvalue weighted by atomic mass is 16.6. The van der Waals surface area contributed by atoms with Crippen LogP contribution >= 0.6 is 0 Å². The molecule has 0 amide bonds. The summed E-state index contributed by atoms with van der Waals surface area (Å²) in [4.78, 5) is 13.3. The molecule has 0 aromatic heterocycles. The standard InChI is InChI=1S/C34H26N2O3/c1-21-12-14-24(15-13-21)36-30-20-29-31(18-22(30)2)38-32-19-25(35-23-8-4-3-5-9-23)16-17-28(32)34(29)27-11-7-6-10-26(27)33(37)39-34/h3-20,35-36H,1-2H3. The fourth-order valence-electron chi connectivity index (χ4n) is 5.51. The molecule has 2 N–H and O–H groups in total. The number of benzene rings is 5. The van der Waals surface area contributed by atoms with E-state index in [2.05, 4.69) is 47.9 Å². The van der Waals surface area contributed by atoms with Gasteiger partial charge in [-0.3, -0.25) is 0 Å². The molecule has 5 nitrogen and oxygen atoms in total. The summed E-state index contributed by atoms with van der Waals surface area (Å²) in [5.74, 6) is 0.965. The number of aryl methyl sites for hydroxylation is 2. The smallest absolute Gasteiger partial charge is 0.340 e.